The van der Waals surface area contributed by atoms with E-state index in [1.807, 2.05) is 0 Å². The zero-order chi connectivity index (χ0) is 14.6. The first-order valence-corrected chi connectivity index (χ1v) is 5.56. The number of carbonyl (C=O) groups excluding carboxylic acids is 2. The molecule has 6 heteroatoms. The summed E-state index contributed by atoms with van der Waals surface area (Å²) in [6.07, 6.45) is 0.507. The maximum atomic E-state index is 13.5. The molecule has 102 valence electrons. The van der Waals surface area contributed by atoms with Gasteiger partial charge in [0.1, 0.15) is 11.4 Å². The average Bonchev–Trinajstić information content (AvgIpc) is 2.26. The minimum Gasteiger partial charge on any atom is -0.444 e. The van der Waals surface area contributed by atoms with Crippen molar-refractivity contribution in [3.05, 3.63) is 29.1 Å². The fourth-order valence-corrected chi connectivity index (χ4v) is 1.34. The van der Waals surface area contributed by atoms with Crippen LogP contribution in [0.15, 0.2) is 12.1 Å². The average molecular weight is 266 g/mol. The number of hydrogen-bond donors (Lipinski definition) is 2. The van der Waals surface area contributed by atoms with Crippen LogP contribution in [0.4, 0.5) is 14.9 Å². The van der Waals surface area contributed by atoms with E-state index in [0.29, 0.717) is 6.29 Å². The van der Waals surface area contributed by atoms with Gasteiger partial charge in [-0.25, -0.2) is 9.18 Å². The van der Waals surface area contributed by atoms with Crippen LogP contribution in [0.25, 0.3) is 0 Å². The molecule has 0 radical (unpaired) electrons. The van der Waals surface area contributed by atoms with Gasteiger partial charge in [0.15, 0.2) is 6.29 Å². The molecule has 0 spiro atoms. The Labute approximate surface area is 110 Å². The van der Waals surface area contributed by atoms with Crippen molar-refractivity contribution in [3.8, 4) is 0 Å². The molecule has 1 amide bonds. The molecular weight excluding hydrogens is 251 g/mol. The Kier molecular flexibility index (Phi) is 4.37. The fourth-order valence-electron chi connectivity index (χ4n) is 1.34. The summed E-state index contributed by atoms with van der Waals surface area (Å²) < 4.78 is 18.5. The summed E-state index contributed by atoms with van der Waals surface area (Å²) >= 11 is 0. The van der Waals surface area contributed by atoms with Crippen LogP contribution in [0, 0.1) is 11.2 Å². The summed E-state index contributed by atoms with van der Waals surface area (Å²) in [5, 5.41) is 9.54. The lowest BCUT2D eigenvalue weighted by Gasteiger charge is -2.20. The number of ether oxygens (including phenoxy) is 1. The van der Waals surface area contributed by atoms with Crippen LogP contribution < -0.4 is 5.32 Å². The standard InChI is InChI=1S/C13H15FN2O3/c1-13(2,3)19-12(18)16-11-5-10(14)9(7-17)4-8(11)6-15/h4-7,15H,1-3H3,(H,16,18). The van der Waals surface area contributed by atoms with Crippen LogP contribution in [0.1, 0.15) is 36.7 Å². The van der Waals surface area contributed by atoms with E-state index >= 15 is 0 Å². The first-order valence-electron chi connectivity index (χ1n) is 5.56. The molecule has 1 aromatic rings. The summed E-state index contributed by atoms with van der Waals surface area (Å²) in [5.74, 6) is -0.772. The van der Waals surface area contributed by atoms with Crippen molar-refractivity contribution in [2.24, 2.45) is 0 Å². The van der Waals surface area contributed by atoms with Crippen LogP contribution >= 0.6 is 0 Å². The Morgan fingerprint density at radius 2 is 2.00 bits per heavy atom. The highest BCUT2D eigenvalue weighted by Gasteiger charge is 2.18. The predicted molar refractivity (Wildman–Crippen MR) is 69.5 cm³/mol. The highest BCUT2D eigenvalue weighted by atomic mass is 19.1. The van der Waals surface area contributed by atoms with Gasteiger partial charge in [-0.3, -0.25) is 10.1 Å². The molecule has 5 nitrogen and oxygen atoms in total. The summed E-state index contributed by atoms with van der Waals surface area (Å²) in [6.45, 7) is 5.08. The van der Waals surface area contributed by atoms with E-state index in [2.05, 4.69) is 5.32 Å². The summed E-state index contributed by atoms with van der Waals surface area (Å²) in [6, 6.07) is 2.16. The minimum atomic E-state index is -0.772. The molecule has 0 heterocycles. The molecule has 1 aromatic carbocycles. The maximum absolute atomic E-state index is 13.5. The monoisotopic (exact) mass is 266 g/mol. The molecular formula is C13H15FN2O3. The number of anilines is 1. The van der Waals surface area contributed by atoms with Gasteiger partial charge in [0, 0.05) is 11.8 Å². The minimum absolute atomic E-state index is 0.0763. The lowest BCUT2D eigenvalue weighted by atomic mass is 10.1. The zero-order valence-electron chi connectivity index (χ0n) is 10.9. The maximum Gasteiger partial charge on any atom is 0.412 e. The number of nitrogens with one attached hydrogen (secondary N) is 2. The normalized spacial score (nSPS) is 10.7. The first-order chi connectivity index (χ1) is 8.76. The molecule has 0 saturated heterocycles. The molecule has 19 heavy (non-hydrogen) atoms. The van der Waals surface area contributed by atoms with Crippen molar-refractivity contribution in [2.45, 2.75) is 26.4 Å². The van der Waals surface area contributed by atoms with Crippen LogP contribution in [-0.4, -0.2) is 24.2 Å². The summed E-state index contributed by atoms with van der Waals surface area (Å²) in [4.78, 5) is 22.2. The molecule has 0 bridgehead atoms. The van der Waals surface area contributed by atoms with Gasteiger partial charge < -0.3 is 10.1 Å². The van der Waals surface area contributed by atoms with Crippen LogP contribution in [-0.2, 0) is 4.74 Å². The van der Waals surface area contributed by atoms with E-state index in [1.54, 1.807) is 20.8 Å². The second-order valence-corrected chi connectivity index (χ2v) is 4.85. The number of aldehydes is 1. The van der Waals surface area contributed by atoms with E-state index in [0.717, 1.165) is 12.3 Å². The lowest BCUT2D eigenvalue weighted by molar-refractivity contribution is 0.0636. The Balaban J connectivity index is 3.01. The topological polar surface area (TPSA) is 79.2 Å². The second-order valence-electron chi connectivity index (χ2n) is 4.85. The van der Waals surface area contributed by atoms with Gasteiger partial charge in [-0.1, -0.05) is 0 Å². The van der Waals surface area contributed by atoms with E-state index in [-0.39, 0.29) is 16.8 Å². The Bertz CT molecular complexity index is 521. The Hall–Kier alpha value is -2.24. The molecule has 0 aliphatic rings. The summed E-state index contributed by atoms with van der Waals surface area (Å²) in [7, 11) is 0. The third kappa shape index (κ3) is 4.17. The van der Waals surface area contributed by atoms with E-state index < -0.39 is 17.5 Å². The van der Waals surface area contributed by atoms with Crippen molar-refractivity contribution in [2.75, 3.05) is 5.32 Å². The number of carbonyl (C=O) groups is 2. The fraction of sp³-hybridized carbons (Fsp3) is 0.308. The highest BCUT2D eigenvalue weighted by molar-refractivity contribution is 5.95. The second kappa shape index (κ2) is 5.60. The summed E-state index contributed by atoms with van der Waals surface area (Å²) in [5.41, 5.74) is -0.564. The smallest absolute Gasteiger partial charge is 0.412 e. The van der Waals surface area contributed by atoms with Crippen molar-refractivity contribution in [1.29, 1.82) is 5.41 Å². The number of amides is 1. The molecule has 1 rings (SSSR count). The predicted octanol–water partition coefficient (Wildman–Crippen LogP) is 2.98. The molecule has 2 N–H and O–H groups in total. The largest absolute Gasteiger partial charge is 0.444 e. The van der Waals surface area contributed by atoms with Gasteiger partial charge in [0.25, 0.3) is 0 Å². The molecule has 0 aromatic heterocycles. The lowest BCUT2D eigenvalue weighted by Crippen LogP contribution is -2.27. The molecule has 0 atom stereocenters. The number of halogens is 1. The SMILES string of the molecule is CC(C)(C)OC(=O)Nc1cc(F)c(C=O)cc1C=N. The van der Waals surface area contributed by atoms with Gasteiger partial charge in [0.2, 0.25) is 0 Å². The number of hydrogen-bond acceptors (Lipinski definition) is 4. The first kappa shape index (κ1) is 14.8. The quantitative estimate of drug-likeness (QED) is 0.652. The molecule has 0 aliphatic heterocycles. The van der Waals surface area contributed by atoms with Crippen molar-refractivity contribution < 1.29 is 18.7 Å². The van der Waals surface area contributed by atoms with E-state index in [4.69, 9.17) is 10.1 Å². The Morgan fingerprint density at radius 1 is 1.37 bits per heavy atom. The Morgan fingerprint density at radius 3 is 2.47 bits per heavy atom. The van der Waals surface area contributed by atoms with Crippen LogP contribution in [0.5, 0.6) is 0 Å². The third-order valence-electron chi connectivity index (χ3n) is 2.09. The van der Waals surface area contributed by atoms with Gasteiger partial charge >= 0.3 is 6.09 Å². The van der Waals surface area contributed by atoms with Crippen molar-refractivity contribution in [1.82, 2.24) is 0 Å². The van der Waals surface area contributed by atoms with E-state index in [1.165, 1.54) is 6.07 Å². The zero-order valence-corrected chi connectivity index (χ0v) is 10.9. The van der Waals surface area contributed by atoms with Crippen molar-refractivity contribution in [3.63, 3.8) is 0 Å². The molecule has 0 aliphatic carbocycles. The molecule has 0 saturated carbocycles. The number of benzene rings is 1. The van der Waals surface area contributed by atoms with Crippen LogP contribution in [0.2, 0.25) is 0 Å². The van der Waals surface area contributed by atoms with Gasteiger partial charge in [0.05, 0.1) is 11.3 Å². The molecule has 0 unspecified atom stereocenters. The van der Waals surface area contributed by atoms with Gasteiger partial charge in [-0.2, -0.15) is 0 Å². The van der Waals surface area contributed by atoms with Crippen molar-refractivity contribution >= 4 is 24.3 Å². The highest BCUT2D eigenvalue weighted by Crippen LogP contribution is 2.19. The van der Waals surface area contributed by atoms with E-state index in [9.17, 15) is 14.0 Å². The van der Waals surface area contributed by atoms with Gasteiger partial charge in [-0.15, -0.1) is 0 Å². The van der Waals surface area contributed by atoms with Gasteiger partial charge in [-0.05, 0) is 32.9 Å². The molecule has 0 fully saturated rings. The van der Waals surface area contributed by atoms with Crippen LogP contribution in [0.3, 0.4) is 0 Å². The number of rotatable bonds is 3. The third-order valence-corrected chi connectivity index (χ3v) is 2.09.